The van der Waals surface area contributed by atoms with Gasteiger partial charge in [0.2, 0.25) is 0 Å². The molecule has 2 atom stereocenters. The lowest BCUT2D eigenvalue weighted by Gasteiger charge is -2.26. The maximum Gasteiger partial charge on any atom is 0.0960 e. The van der Waals surface area contributed by atoms with Gasteiger partial charge < -0.3 is 5.32 Å². The molecule has 1 rings (SSSR count). The van der Waals surface area contributed by atoms with Crippen molar-refractivity contribution in [3.05, 3.63) is 20.8 Å². The van der Waals surface area contributed by atoms with E-state index < -0.39 is 0 Å². The van der Waals surface area contributed by atoms with Crippen LogP contribution in [0.3, 0.4) is 0 Å². The molecule has 0 fully saturated rings. The zero-order valence-electron chi connectivity index (χ0n) is 12.8. The van der Waals surface area contributed by atoms with Gasteiger partial charge >= 0.3 is 0 Å². The van der Waals surface area contributed by atoms with Crippen molar-refractivity contribution >= 4 is 22.9 Å². The van der Waals surface area contributed by atoms with Crippen molar-refractivity contribution in [1.82, 2.24) is 5.32 Å². The molecule has 1 heterocycles. The van der Waals surface area contributed by atoms with E-state index in [1.165, 1.54) is 42.5 Å². The smallest absolute Gasteiger partial charge is 0.0960 e. The highest BCUT2D eigenvalue weighted by Gasteiger charge is 2.23. The van der Waals surface area contributed by atoms with Crippen LogP contribution in [-0.4, -0.2) is 6.54 Å². The minimum atomic E-state index is 0.479. The van der Waals surface area contributed by atoms with E-state index in [2.05, 4.69) is 39.1 Å². The predicted molar refractivity (Wildman–Crippen MR) is 88.4 cm³/mol. The molecule has 1 aromatic rings. The Morgan fingerprint density at radius 1 is 1.26 bits per heavy atom. The van der Waals surface area contributed by atoms with E-state index in [9.17, 15) is 0 Å². The molecule has 1 N–H and O–H groups in total. The Bertz CT molecular complexity index is 342. The lowest BCUT2D eigenvalue weighted by Crippen LogP contribution is -2.28. The molecule has 0 radical (unpaired) electrons. The summed E-state index contributed by atoms with van der Waals surface area (Å²) in [6.07, 6.45) is 6.32. The summed E-state index contributed by atoms with van der Waals surface area (Å²) in [4.78, 5) is 1.42. The van der Waals surface area contributed by atoms with Crippen molar-refractivity contribution in [2.45, 2.75) is 65.8 Å². The zero-order valence-corrected chi connectivity index (χ0v) is 14.3. The molecule has 0 amide bonds. The molecule has 3 heteroatoms. The highest BCUT2D eigenvalue weighted by molar-refractivity contribution is 7.16. The summed E-state index contributed by atoms with van der Waals surface area (Å²) in [5, 5.41) is 3.74. The third-order valence-corrected chi connectivity index (χ3v) is 5.36. The molecular formula is C16H28ClNS. The first-order valence-corrected chi connectivity index (χ1v) is 8.82. The van der Waals surface area contributed by atoms with Gasteiger partial charge in [0.1, 0.15) is 0 Å². The van der Waals surface area contributed by atoms with Crippen molar-refractivity contribution in [1.29, 1.82) is 0 Å². The van der Waals surface area contributed by atoms with Crippen LogP contribution in [0, 0.1) is 12.8 Å². The Labute approximate surface area is 127 Å². The third-order valence-electron chi connectivity index (χ3n) is 3.72. The van der Waals surface area contributed by atoms with Crippen molar-refractivity contribution in [2.24, 2.45) is 5.92 Å². The van der Waals surface area contributed by atoms with E-state index in [-0.39, 0.29) is 0 Å². The maximum absolute atomic E-state index is 6.25. The Morgan fingerprint density at radius 3 is 2.47 bits per heavy atom. The first-order chi connectivity index (χ1) is 9.13. The van der Waals surface area contributed by atoms with Crippen molar-refractivity contribution in [3.63, 3.8) is 0 Å². The van der Waals surface area contributed by atoms with Gasteiger partial charge in [-0.25, -0.2) is 0 Å². The van der Waals surface area contributed by atoms with Crippen LogP contribution in [0.25, 0.3) is 0 Å². The summed E-state index contributed by atoms with van der Waals surface area (Å²) in [5.74, 6) is 0.723. The van der Waals surface area contributed by atoms with Crippen LogP contribution >= 0.6 is 22.9 Å². The van der Waals surface area contributed by atoms with Crippen LogP contribution in [0.2, 0.25) is 4.34 Å². The molecule has 0 aliphatic heterocycles. The van der Waals surface area contributed by atoms with E-state index in [0.717, 1.165) is 16.8 Å². The summed E-state index contributed by atoms with van der Waals surface area (Å²) in [5.41, 5.74) is 1.22. The molecule has 0 aliphatic rings. The topological polar surface area (TPSA) is 12.0 Å². The van der Waals surface area contributed by atoms with Gasteiger partial charge in [-0.2, -0.15) is 0 Å². The molecule has 0 bridgehead atoms. The summed E-state index contributed by atoms with van der Waals surface area (Å²) in [6.45, 7) is 9.99. The second kappa shape index (κ2) is 8.99. The largest absolute Gasteiger partial charge is 0.309 e. The van der Waals surface area contributed by atoms with Gasteiger partial charge in [-0.15, -0.1) is 11.3 Å². The van der Waals surface area contributed by atoms with Crippen LogP contribution in [0.4, 0.5) is 0 Å². The van der Waals surface area contributed by atoms with E-state index >= 15 is 0 Å². The summed E-state index contributed by atoms with van der Waals surface area (Å²) < 4.78 is 0.948. The van der Waals surface area contributed by atoms with Crippen LogP contribution in [-0.2, 0) is 0 Å². The number of hydrogen-bond acceptors (Lipinski definition) is 2. The molecule has 19 heavy (non-hydrogen) atoms. The number of thiophene rings is 1. The van der Waals surface area contributed by atoms with E-state index in [0.29, 0.717) is 6.04 Å². The van der Waals surface area contributed by atoms with Gasteiger partial charge in [-0.05, 0) is 43.9 Å². The molecule has 1 nitrogen and oxygen atoms in total. The SMILES string of the molecule is CCCCC(CC)C(NCCC)c1cc(C)c(Cl)s1. The number of rotatable bonds is 9. The van der Waals surface area contributed by atoms with Gasteiger partial charge in [-0.3, -0.25) is 0 Å². The van der Waals surface area contributed by atoms with Crippen molar-refractivity contribution in [2.75, 3.05) is 6.54 Å². The van der Waals surface area contributed by atoms with Crippen LogP contribution < -0.4 is 5.32 Å². The summed E-state index contributed by atoms with van der Waals surface area (Å²) in [6, 6.07) is 2.75. The van der Waals surface area contributed by atoms with Crippen molar-refractivity contribution < 1.29 is 0 Å². The second-order valence-electron chi connectivity index (χ2n) is 5.35. The molecule has 2 unspecified atom stereocenters. The monoisotopic (exact) mass is 301 g/mol. The van der Waals surface area contributed by atoms with E-state index in [1.54, 1.807) is 11.3 Å². The normalized spacial score (nSPS) is 14.6. The van der Waals surface area contributed by atoms with Gasteiger partial charge in [0.15, 0.2) is 0 Å². The van der Waals surface area contributed by atoms with Gasteiger partial charge in [-0.1, -0.05) is 51.6 Å². The van der Waals surface area contributed by atoms with Gasteiger partial charge in [0, 0.05) is 10.9 Å². The fourth-order valence-corrected chi connectivity index (χ4v) is 3.90. The molecular weight excluding hydrogens is 274 g/mol. The minimum absolute atomic E-state index is 0.479. The maximum atomic E-state index is 6.25. The van der Waals surface area contributed by atoms with Crippen LogP contribution in [0.5, 0.6) is 0 Å². The summed E-state index contributed by atoms with van der Waals surface area (Å²) in [7, 11) is 0. The number of hydrogen-bond donors (Lipinski definition) is 1. The lowest BCUT2D eigenvalue weighted by molar-refractivity contribution is 0.327. The lowest BCUT2D eigenvalue weighted by atomic mass is 9.90. The first-order valence-electron chi connectivity index (χ1n) is 7.63. The fourth-order valence-electron chi connectivity index (χ4n) is 2.51. The molecule has 0 saturated carbocycles. The number of aryl methyl sites for hydroxylation is 1. The molecule has 0 aliphatic carbocycles. The third kappa shape index (κ3) is 5.09. The Morgan fingerprint density at radius 2 is 2.00 bits per heavy atom. The highest BCUT2D eigenvalue weighted by Crippen LogP contribution is 2.37. The predicted octanol–water partition coefficient (Wildman–Crippen LogP) is 5.97. The molecule has 110 valence electrons. The Hall–Kier alpha value is -0.0500. The fraction of sp³-hybridized carbons (Fsp3) is 0.750. The molecule has 0 saturated heterocycles. The Kier molecular flexibility index (Phi) is 8.05. The average molecular weight is 302 g/mol. The van der Waals surface area contributed by atoms with Gasteiger partial charge in [0.05, 0.1) is 4.34 Å². The average Bonchev–Trinajstić information content (AvgIpc) is 2.73. The van der Waals surface area contributed by atoms with E-state index in [1.807, 2.05) is 0 Å². The minimum Gasteiger partial charge on any atom is -0.309 e. The molecule has 1 aromatic heterocycles. The standard InChI is InChI=1S/C16H28ClNS/c1-5-8-9-13(7-3)15(18-10-6-2)14-11-12(4)16(17)19-14/h11,13,15,18H,5-10H2,1-4H3. The van der Waals surface area contributed by atoms with Crippen LogP contribution in [0.15, 0.2) is 6.07 Å². The highest BCUT2D eigenvalue weighted by atomic mass is 35.5. The molecule has 0 spiro atoms. The Balaban J connectivity index is 2.84. The van der Waals surface area contributed by atoms with E-state index in [4.69, 9.17) is 11.6 Å². The first kappa shape index (κ1) is 17.0. The van der Waals surface area contributed by atoms with Crippen molar-refractivity contribution in [3.8, 4) is 0 Å². The zero-order chi connectivity index (χ0) is 14.3. The van der Waals surface area contributed by atoms with Gasteiger partial charge in [0.25, 0.3) is 0 Å². The number of nitrogens with one attached hydrogen (secondary N) is 1. The second-order valence-corrected chi connectivity index (χ2v) is 7.03. The summed E-state index contributed by atoms with van der Waals surface area (Å²) >= 11 is 8.00. The quantitative estimate of drug-likeness (QED) is 0.593. The van der Waals surface area contributed by atoms with Crippen LogP contribution in [0.1, 0.15) is 69.4 Å². The number of unbranched alkanes of at least 4 members (excludes halogenated alkanes) is 1. The molecule has 0 aromatic carbocycles. The number of halogens is 1.